The van der Waals surface area contributed by atoms with Crippen LogP contribution in [0.3, 0.4) is 0 Å². The number of carbonyl (C=O) groups is 2. The molecule has 29 heavy (non-hydrogen) atoms. The summed E-state index contributed by atoms with van der Waals surface area (Å²) in [7, 11) is 0. The van der Waals surface area contributed by atoms with E-state index < -0.39 is 5.25 Å². The minimum Gasteiger partial charge on any atom is -0.383 e. The average molecular weight is 403 g/mol. The van der Waals surface area contributed by atoms with Crippen molar-refractivity contribution in [3.63, 3.8) is 0 Å². The highest BCUT2D eigenvalue weighted by Gasteiger charge is 2.41. The maximum Gasteiger partial charge on any atom is 0.247 e. The molecule has 1 aromatic carbocycles. The van der Waals surface area contributed by atoms with E-state index in [1.54, 1.807) is 12.1 Å². The third kappa shape index (κ3) is 3.32. The minimum atomic E-state index is -0.692. The Morgan fingerprint density at radius 2 is 1.79 bits per heavy atom. The van der Waals surface area contributed by atoms with E-state index in [1.807, 2.05) is 19.1 Å². The van der Waals surface area contributed by atoms with Gasteiger partial charge in [-0.15, -0.1) is 0 Å². The Kier molecular flexibility index (Phi) is 4.73. The second-order valence-corrected chi connectivity index (χ2v) is 8.37. The topological polar surface area (TPSA) is 124 Å². The van der Waals surface area contributed by atoms with Crippen molar-refractivity contribution in [1.82, 2.24) is 4.98 Å². The molecule has 1 saturated heterocycles. The van der Waals surface area contributed by atoms with Crippen molar-refractivity contribution < 1.29 is 9.59 Å². The summed E-state index contributed by atoms with van der Waals surface area (Å²) < 4.78 is 0. The van der Waals surface area contributed by atoms with Gasteiger partial charge in [-0.3, -0.25) is 9.59 Å². The van der Waals surface area contributed by atoms with Crippen molar-refractivity contribution >= 4 is 35.1 Å². The van der Waals surface area contributed by atoms with Gasteiger partial charge in [0.2, 0.25) is 11.8 Å². The summed E-state index contributed by atoms with van der Waals surface area (Å²) >= 11 is 1.07. The molecular formula is C21H17N5O2S. The first-order valence-corrected chi connectivity index (χ1v) is 10.1. The monoisotopic (exact) mass is 403 g/mol. The molecular weight excluding hydrogens is 386 g/mol. The van der Waals surface area contributed by atoms with Crippen molar-refractivity contribution in [2.75, 3.05) is 10.6 Å². The van der Waals surface area contributed by atoms with E-state index in [0.717, 1.165) is 30.2 Å². The van der Waals surface area contributed by atoms with Crippen LogP contribution < -0.4 is 10.6 Å². The molecule has 2 fully saturated rings. The molecule has 1 atom stereocenters. The van der Waals surface area contributed by atoms with Crippen molar-refractivity contribution in [3.05, 3.63) is 46.5 Å². The maximum atomic E-state index is 12.9. The summed E-state index contributed by atoms with van der Waals surface area (Å²) in [4.78, 5) is 30.9. The lowest BCUT2D eigenvalue weighted by atomic mass is 10.0. The number of nitrogens with two attached hydrogens (primary N) is 1. The number of anilines is 2. The summed E-state index contributed by atoms with van der Waals surface area (Å²) in [5.74, 6) is -0.457. The van der Waals surface area contributed by atoms with Crippen LogP contribution in [0.15, 0.2) is 29.3 Å². The van der Waals surface area contributed by atoms with Crippen LogP contribution in [0.1, 0.15) is 47.4 Å². The lowest BCUT2D eigenvalue weighted by Crippen LogP contribution is -2.31. The fraction of sp³-hybridized carbons (Fsp3) is 0.286. The molecule has 2 aromatic rings. The van der Waals surface area contributed by atoms with E-state index in [-0.39, 0.29) is 41.1 Å². The lowest BCUT2D eigenvalue weighted by molar-refractivity contribution is -0.121. The number of amides is 2. The van der Waals surface area contributed by atoms with Crippen molar-refractivity contribution in [2.24, 2.45) is 0 Å². The van der Waals surface area contributed by atoms with Crippen LogP contribution in [0.2, 0.25) is 0 Å². The molecule has 2 aliphatic rings. The van der Waals surface area contributed by atoms with Crippen LogP contribution in [0.5, 0.6) is 0 Å². The Bertz CT molecular complexity index is 1110. The highest BCUT2D eigenvalue weighted by molar-refractivity contribution is 8.00. The van der Waals surface area contributed by atoms with Gasteiger partial charge in [-0.05, 0) is 43.4 Å². The molecule has 0 spiro atoms. The molecule has 8 heteroatoms. The van der Waals surface area contributed by atoms with E-state index in [1.165, 1.54) is 4.90 Å². The average Bonchev–Trinajstić information content (AvgIpc) is 3.49. The van der Waals surface area contributed by atoms with Gasteiger partial charge in [0.15, 0.2) is 0 Å². The first kappa shape index (κ1) is 19.0. The van der Waals surface area contributed by atoms with Crippen LogP contribution in [-0.2, 0) is 9.59 Å². The number of aromatic nitrogens is 1. The third-order valence-electron chi connectivity index (χ3n) is 5.09. The van der Waals surface area contributed by atoms with Gasteiger partial charge in [-0.25, -0.2) is 9.88 Å². The summed E-state index contributed by atoms with van der Waals surface area (Å²) in [6.45, 7) is 1.93. The molecule has 2 heterocycles. The van der Waals surface area contributed by atoms with E-state index in [0.29, 0.717) is 16.3 Å². The molecule has 7 nitrogen and oxygen atoms in total. The fourth-order valence-corrected chi connectivity index (χ4v) is 4.61. The number of imide groups is 1. The predicted octanol–water partition coefficient (Wildman–Crippen LogP) is 3.02. The number of nitrogen functional groups attached to an aromatic ring is 1. The van der Waals surface area contributed by atoms with Crippen molar-refractivity contribution in [2.45, 2.75) is 42.4 Å². The molecule has 0 radical (unpaired) electrons. The smallest absolute Gasteiger partial charge is 0.247 e. The normalized spacial score (nSPS) is 18.6. The van der Waals surface area contributed by atoms with Crippen LogP contribution in [0.4, 0.5) is 11.5 Å². The lowest BCUT2D eigenvalue weighted by Gasteiger charge is -2.16. The zero-order valence-corrected chi connectivity index (χ0v) is 16.5. The molecule has 0 bridgehead atoms. The SMILES string of the molecule is Cc1ccc(N2C(=O)C[C@@H](Sc3nc(N)c(C#N)c(C4CC4)c3C#N)C2=O)cc1. The highest BCUT2D eigenvalue weighted by Crippen LogP contribution is 2.46. The summed E-state index contributed by atoms with van der Waals surface area (Å²) in [5.41, 5.74) is 8.68. The third-order valence-corrected chi connectivity index (χ3v) is 6.26. The Morgan fingerprint density at radius 3 is 2.38 bits per heavy atom. The molecule has 144 valence electrons. The molecule has 1 aliphatic carbocycles. The Labute approximate surface area is 172 Å². The van der Waals surface area contributed by atoms with Crippen LogP contribution >= 0.6 is 11.8 Å². The maximum absolute atomic E-state index is 12.9. The fourth-order valence-electron chi connectivity index (χ4n) is 3.49. The Morgan fingerprint density at radius 1 is 1.14 bits per heavy atom. The number of thioether (sulfide) groups is 1. The molecule has 1 saturated carbocycles. The van der Waals surface area contributed by atoms with Gasteiger partial charge in [-0.1, -0.05) is 29.5 Å². The number of hydrogen-bond donors (Lipinski definition) is 1. The number of carbonyl (C=O) groups excluding carboxylic acids is 2. The number of rotatable bonds is 4. The van der Waals surface area contributed by atoms with Gasteiger partial charge < -0.3 is 5.73 Å². The van der Waals surface area contributed by atoms with Crippen LogP contribution in [-0.4, -0.2) is 22.0 Å². The van der Waals surface area contributed by atoms with Crippen molar-refractivity contribution in [3.8, 4) is 12.1 Å². The molecule has 2 amide bonds. The number of nitriles is 2. The van der Waals surface area contributed by atoms with Gasteiger partial charge in [0.25, 0.3) is 0 Å². The first-order chi connectivity index (χ1) is 13.9. The molecule has 0 unspecified atom stereocenters. The van der Waals surface area contributed by atoms with E-state index in [9.17, 15) is 20.1 Å². The molecule has 4 rings (SSSR count). The predicted molar refractivity (Wildman–Crippen MR) is 108 cm³/mol. The van der Waals surface area contributed by atoms with Crippen LogP contribution in [0.25, 0.3) is 0 Å². The second kappa shape index (κ2) is 7.23. The van der Waals surface area contributed by atoms with Crippen LogP contribution in [0, 0.1) is 29.6 Å². The molecule has 1 aromatic heterocycles. The van der Waals surface area contributed by atoms with Gasteiger partial charge in [0.1, 0.15) is 23.0 Å². The number of benzene rings is 1. The Hall–Kier alpha value is -3.36. The Balaban J connectivity index is 1.67. The summed E-state index contributed by atoms with van der Waals surface area (Å²) in [5, 5.41) is 18.8. The van der Waals surface area contributed by atoms with Crippen molar-refractivity contribution in [1.29, 1.82) is 10.5 Å². The minimum absolute atomic E-state index is 0.0165. The van der Waals surface area contributed by atoms with Gasteiger partial charge >= 0.3 is 0 Å². The highest BCUT2D eigenvalue weighted by atomic mass is 32.2. The zero-order valence-electron chi connectivity index (χ0n) is 15.7. The van der Waals surface area contributed by atoms with Gasteiger partial charge in [0, 0.05) is 6.42 Å². The second-order valence-electron chi connectivity index (χ2n) is 7.18. The molecule has 2 N–H and O–H groups in total. The number of nitrogens with zero attached hydrogens (tertiary/aromatic N) is 4. The summed E-state index contributed by atoms with van der Waals surface area (Å²) in [6, 6.07) is 11.3. The standard InChI is InChI=1S/C21H17N5O2S/c1-11-2-6-13(7-3-11)26-17(27)8-16(21(26)28)29-20-15(10-23)18(12-4-5-12)14(9-22)19(24)25-20/h2-3,6-7,12,16H,4-5,8H2,1H3,(H2,24,25)/t16-/m1/s1. The van der Waals surface area contributed by atoms with Gasteiger partial charge in [0.05, 0.1) is 22.1 Å². The molecule has 1 aliphatic heterocycles. The van der Waals surface area contributed by atoms with E-state index in [2.05, 4.69) is 17.1 Å². The number of pyridine rings is 1. The number of aryl methyl sites for hydroxylation is 1. The largest absolute Gasteiger partial charge is 0.383 e. The zero-order chi connectivity index (χ0) is 20.7. The van der Waals surface area contributed by atoms with E-state index >= 15 is 0 Å². The quantitative estimate of drug-likeness (QED) is 0.778. The number of hydrogen-bond acceptors (Lipinski definition) is 7. The van der Waals surface area contributed by atoms with E-state index in [4.69, 9.17) is 5.73 Å². The summed E-state index contributed by atoms with van der Waals surface area (Å²) in [6.07, 6.45) is 1.79. The first-order valence-electron chi connectivity index (χ1n) is 9.18. The van der Waals surface area contributed by atoms with Gasteiger partial charge in [-0.2, -0.15) is 10.5 Å².